The molecule has 0 saturated heterocycles. The highest BCUT2D eigenvalue weighted by Gasteiger charge is 2.36. The number of hydrogen-bond acceptors (Lipinski definition) is 1. The number of hydrogen-bond donors (Lipinski definition) is 1. The Labute approximate surface area is 133 Å². The van der Waals surface area contributed by atoms with Crippen LogP contribution in [0.15, 0.2) is 18.2 Å². The van der Waals surface area contributed by atoms with Crippen molar-refractivity contribution in [2.45, 2.75) is 58.4 Å². The van der Waals surface area contributed by atoms with Gasteiger partial charge in [0.15, 0.2) is 0 Å². The van der Waals surface area contributed by atoms with E-state index in [0.29, 0.717) is 16.5 Å². The zero-order chi connectivity index (χ0) is 14.6. The summed E-state index contributed by atoms with van der Waals surface area (Å²) in [6, 6.07) is 6.45. The molecule has 112 valence electrons. The minimum Gasteiger partial charge on any atom is -0.313 e. The van der Waals surface area contributed by atoms with Crippen molar-refractivity contribution in [1.29, 1.82) is 0 Å². The Morgan fingerprint density at radius 3 is 2.60 bits per heavy atom. The molecule has 2 rings (SSSR count). The maximum Gasteiger partial charge on any atom is 0.0624 e. The van der Waals surface area contributed by atoms with Crippen LogP contribution in [0.1, 0.15) is 51.5 Å². The van der Waals surface area contributed by atoms with E-state index in [4.69, 9.17) is 23.2 Å². The van der Waals surface area contributed by atoms with Gasteiger partial charge in [0, 0.05) is 6.04 Å². The maximum absolute atomic E-state index is 6.36. The summed E-state index contributed by atoms with van der Waals surface area (Å²) in [4.78, 5) is 0. The minimum absolute atomic E-state index is 0.390. The number of halogens is 2. The van der Waals surface area contributed by atoms with Crippen molar-refractivity contribution >= 4 is 23.2 Å². The summed E-state index contributed by atoms with van der Waals surface area (Å²) in [5.74, 6) is 0. The third-order valence-corrected chi connectivity index (χ3v) is 5.54. The van der Waals surface area contributed by atoms with Crippen LogP contribution in [-0.2, 0) is 6.42 Å². The number of benzene rings is 1. The van der Waals surface area contributed by atoms with Gasteiger partial charge >= 0.3 is 0 Å². The van der Waals surface area contributed by atoms with Crippen molar-refractivity contribution in [1.82, 2.24) is 5.32 Å². The van der Waals surface area contributed by atoms with Crippen LogP contribution in [-0.4, -0.2) is 12.6 Å². The summed E-state index contributed by atoms with van der Waals surface area (Å²) in [5, 5.41) is 5.13. The van der Waals surface area contributed by atoms with Gasteiger partial charge in [-0.15, -0.1) is 0 Å². The van der Waals surface area contributed by atoms with Crippen molar-refractivity contribution in [3.8, 4) is 0 Å². The summed E-state index contributed by atoms with van der Waals surface area (Å²) in [6.07, 6.45) is 7.46. The second kappa shape index (κ2) is 7.15. The van der Waals surface area contributed by atoms with Gasteiger partial charge in [0.05, 0.1) is 10.0 Å². The van der Waals surface area contributed by atoms with Crippen LogP contribution in [0.3, 0.4) is 0 Å². The summed E-state index contributed by atoms with van der Waals surface area (Å²) in [5.41, 5.74) is 1.56. The van der Waals surface area contributed by atoms with Crippen LogP contribution in [0, 0.1) is 5.41 Å². The molecule has 1 aromatic carbocycles. The lowest BCUT2D eigenvalue weighted by Gasteiger charge is -2.35. The number of nitrogens with one attached hydrogen (secondary N) is 1. The largest absolute Gasteiger partial charge is 0.313 e. The lowest BCUT2D eigenvalue weighted by molar-refractivity contribution is 0.219. The maximum atomic E-state index is 6.36. The molecule has 1 fully saturated rings. The topological polar surface area (TPSA) is 12.0 Å². The van der Waals surface area contributed by atoms with Gasteiger partial charge in [-0.1, -0.05) is 62.0 Å². The van der Waals surface area contributed by atoms with Crippen LogP contribution in [0.5, 0.6) is 0 Å². The quantitative estimate of drug-likeness (QED) is 0.732. The zero-order valence-electron chi connectivity index (χ0n) is 12.5. The van der Waals surface area contributed by atoms with Gasteiger partial charge in [-0.05, 0) is 49.3 Å². The van der Waals surface area contributed by atoms with Crippen LogP contribution in [0.2, 0.25) is 10.0 Å². The molecule has 1 aliphatic rings. The molecule has 0 spiro atoms. The Morgan fingerprint density at radius 2 is 1.95 bits per heavy atom. The predicted octanol–water partition coefficient (Wildman–Crippen LogP) is 5.48. The molecular weight excluding hydrogens is 289 g/mol. The van der Waals surface area contributed by atoms with Crippen molar-refractivity contribution in [3.05, 3.63) is 33.8 Å². The molecule has 1 atom stereocenters. The van der Waals surface area contributed by atoms with E-state index in [-0.39, 0.29) is 0 Å². The minimum atomic E-state index is 0.390. The molecular formula is C17H25Cl2N. The Morgan fingerprint density at radius 1 is 1.25 bits per heavy atom. The highest BCUT2D eigenvalue weighted by atomic mass is 35.5. The smallest absolute Gasteiger partial charge is 0.0624 e. The molecule has 0 aromatic heterocycles. The molecule has 0 heterocycles. The van der Waals surface area contributed by atoms with Gasteiger partial charge in [0.2, 0.25) is 0 Å². The third-order valence-electron chi connectivity index (χ3n) is 4.68. The van der Waals surface area contributed by atoms with Crippen molar-refractivity contribution < 1.29 is 0 Å². The summed E-state index contributed by atoms with van der Waals surface area (Å²) in [7, 11) is 0. The summed E-state index contributed by atoms with van der Waals surface area (Å²) >= 11 is 12.5. The fraction of sp³-hybridized carbons (Fsp3) is 0.647. The molecule has 1 saturated carbocycles. The number of rotatable bonds is 6. The molecule has 20 heavy (non-hydrogen) atoms. The molecule has 1 N–H and O–H groups in total. The molecule has 1 nitrogen and oxygen atoms in total. The molecule has 1 aromatic rings. The fourth-order valence-corrected chi connectivity index (χ4v) is 3.74. The van der Waals surface area contributed by atoms with Crippen molar-refractivity contribution in [3.63, 3.8) is 0 Å². The zero-order valence-corrected chi connectivity index (χ0v) is 14.0. The van der Waals surface area contributed by atoms with Gasteiger partial charge in [-0.3, -0.25) is 0 Å². The molecule has 1 unspecified atom stereocenters. The lowest BCUT2D eigenvalue weighted by atomic mass is 9.77. The SMILES string of the molecule is CCCNC(Cc1cccc(Cl)c1Cl)C1(C)CCCC1. The molecule has 0 bridgehead atoms. The van der Waals surface area contributed by atoms with Crippen LogP contribution in [0.25, 0.3) is 0 Å². The van der Waals surface area contributed by atoms with Gasteiger partial charge < -0.3 is 5.32 Å². The van der Waals surface area contributed by atoms with Crippen molar-refractivity contribution in [2.24, 2.45) is 5.41 Å². The fourth-order valence-electron chi connectivity index (χ4n) is 3.34. The van der Waals surface area contributed by atoms with E-state index in [1.165, 1.54) is 31.2 Å². The van der Waals surface area contributed by atoms with E-state index in [0.717, 1.165) is 24.4 Å². The van der Waals surface area contributed by atoms with Crippen LogP contribution < -0.4 is 5.32 Å². The third kappa shape index (κ3) is 3.69. The molecule has 0 amide bonds. The highest BCUT2D eigenvalue weighted by Crippen LogP contribution is 2.42. The Balaban J connectivity index is 2.16. The monoisotopic (exact) mass is 313 g/mol. The average Bonchev–Trinajstić information content (AvgIpc) is 2.87. The summed E-state index contributed by atoms with van der Waals surface area (Å²) in [6.45, 7) is 5.71. The first-order valence-corrected chi connectivity index (χ1v) is 8.48. The van der Waals surface area contributed by atoms with E-state index >= 15 is 0 Å². The van der Waals surface area contributed by atoms with Gasteiger partial charge in [0.25, 0.3) is 0 Å². The lowest BCUT2D eigenvalue weighted by Crippen LogP contribution is -2.44. The Hall–Kier alpha value is -0.240. The van der Waals surface area contributed by atoms with E-state index in [9.17, 15) is 0 Å². The van der Waals surface area contributed by atoms with E-state index in [1.807, 2.05) is 12.1 Å². The first kappa shape index (κ1) is 16.1. The first-order valence-electron chi connectivity index (χ1n) is 7.73. The van der Waals surface area contributed by atoms with Gasteiger partial charge in [-0.25, -0.2) is 0 Å². The molecule has 0 aliphatic heterocycles. The van der Waals surface area contributed by atoms with Gasteiger partial charge in [-0.2, -0.15) is 0 Å². The Kier molecular flexibility index (Phi) is 5.77. The molecule has 3 heteroatoms. The predicted molar refractivity (Wildman–Crippen MR) is 88.8 cm³/mol. The van der Waals surface area contributed by atoms with Crippen LogP contribution >= 0.6 is 23.2 Å². The standard InChI is InChI=1S/C17H25Cl2N/c1-3-11-20-15(17(2)9-4-5-10-17)12-13-7-6-8-14(18)16(13)19/h6-8,15,20H,3-5,9-12H2,1-2H3. The van der Waals surface area contributed by atoms with E-state index in [2.05, 4.69) is 25.2 Å². The highest BCUT2D eigenvalue weighted by molar-refractivity contribution is 6.42. The first-order chi connectivity index (χ1) is 9.57. The van der Waals surface area contributed by atoms with E-state index in [1.54, 1.807) is 0 Å². The molecule has 0 radical (unpaired) electrons. The molecule has 1 aliphatic carbocycles. The Bertz CT molecular complexity index is 439. The van der Waals surface area contributed by atoms with E-state index < -0.39 is 0 Å². The average molecular weight is 314 g/mol. The van der Waals surface area contributed by atoms with Crippen molar-refractivity contribution in [2.75, 3.05) is 6.54 Å². The van der Waals surface area contributed by atoms with Crippen LogP contribution in [0.4, 0.5) is 0 Å². The second-order valence-corrected chi connectivity index (χ2v) is 7.07. The normalized spacial score (nSPS) is 19.2. The second-order valence-electron chi connectivity index (χ2n) is 6.28. The summed E-state index contributed by atoms with van der Waals surface area (Å²) < 4.78 is 0. The van der Waals surface area contributed by atoms with Gasteiger partial charge in [0.1, 0.15) is 0 Å².